The summed E-state index contributed by atoms with van der Waals surface area (Å²) in [5, 5.41) is 13.0. The summed E-state index contributed by atoms with van der Waals surface area (Å²) in [6.45, 7) is 0.771. The molecule has 8 heteroatoms. The number of hydrogen-bond acceptors (Lipinski definition) is 5. The van der Waals surface area contributed by atoms with Crippen molar-refractivity contribution < 1.29 is 19.6 Å². The first-order chi connectivity index (χ1) is 15.5. The molecule has 0 fully saturated rings. The van der Waals surface area contributed by atoms with Crippen LogP contribution in [0.4, 0.5) is 4.79 Å². The number of imide groups is 1. The second-order valence-corrected chi connectivity index (χ2v) is 7.96. The summed E-state index contributed by atoms with van der Waals surface area (Å²) < 4.78 is 0. The second-order valence-electron chi connectivity index (χ2n) is 6.93. The van der Waals surface area contributed by atoms with Gasteiger partial charge in [0, 0.05) is 29.6 Å². The Morgan fingerprint density at radius 3 is 2.38 bits per heavy atom. The lowest BCUT2D eigenvalue weighted by Gasteiger charge is -2.23. The number of thiophene rings is 1. The van der Waals surface area contributed by atoms with Crippen molar-refractivity contribution in [3.8, 4) is 0 Å². The molecule has 1 aromatic heterocycles. The second kappa shape index (κ2) is 11.6. The number of urea groups is 1. The molecule has 0 aliphatic heterocycles. The average molecular weight is 450 g/mol. The Labute approximate surface area is 190 Å². The van der Waals surface area contributed by atoms with E-state index >= 15 is 0 Å². The molecule has 0 saturated carbocycles. The predicted octanol–water partition coefficient (Wildman–Crippen LogP) is 3.86. The van der Waals surface area contributed by atoms with Gasteiger partial charge in [-0.25, -0.2) is 10.3 Å². The van der Waals surface area contributed by atoms with Crippen LogP contribution in [0.5, 0.6) is 0 Å². The molecule has 32 heavy (non-hydrogen) atoms. The Bertz CT molecular complexity index is 1060. The molecular formula is C24H23N3O4S. The highest BCUT2D eigenvalue weighted by molar-refractivity contribution is 7.09. The first-order valence-corrected chi connectivity index (χ1v) is 10.8. The first-order valence-electron chi connectivity index (χ1n) is 9.94. The fraction of sp³-hybridized carbons (Fsp3) is 0.125. The van der Waals surface area contributed by atoms with Gasteiger partial charge in [0.2, 0.25) is 0 Å². The molecule has 164 valence electrons. The summed E-state index contributed by atoms with van der Waals surface area (Å²) in [6, 6.07) is 19.4. The highest BCUT2D eigenvalue weighted by Gasteiger charge is 2.18. The number of nitrogens with zero attached hydrogens (tertiary/aromatic N) is 1. The Morgan fingerprint density at radius 1 is 0.969 bits per heavy atom. The molecule has 4 amide bonds. The summed E-state index contributed by atoms with van der Waals surface area (Å²) in [6.07, 6.45) is 3.46. The molecule has 2 aromatic carbocycles. The van der Waals surface area contributed by atoms with E-state index in [1.807, 2.05) is 29.6 Å². The topological polar surface area (TPSA) is 98.7 Å². The normalized spacial score (nSPS) is 10.7. The molecule has 3 N–H and O–H groups in total. The van der Waals surface area contributed by atoms with Crippen LogP contribution in [0.2, 0.25) is 0 Å². The van der Waals surface area contributed by atoms with E-state index in [1.165, 1.54) is 11.6 Å². The number of hydroxylamine groups is 1. The molecule has 1 heterocycles. The molecular weight excluding hydrogens is 426 g/mol. The van der Waals surface area contributed by atoms with Gasteiger partial charge in [0.25, 0.3) is 11.8 Å². The number of amides is 4. The van der Waals surface area contributed by atoms with Crippen molar-refractivity contribution in [2.75, 3.05) is 6.54 Å². The van der Waals surface area contributed by atoms with E-state index in [0.717, 1.165) is 16.0 Å². The van der Waals surface area contributed by atoms with Crippen LogP contribution in [0.15, 0.2) is 78.2 Å². The van der Waals surface area contributed by atoms with Crippen LogP contribution in [0.25, 0.3) is 6.08 Å². The fourth-order valence-corrected chi connectivity index (χ4v) is 3.65. The molecule has 0 bridgehead atoms. The van der Waals surface area contributed by atoms with Crippen molar-refractivity contribution in [1.29, 1.82) is 0 Å². The minimum atomic E-state index is -0.617. The zero-order valence-electron chi connectivity index (χ0n) is 17.2. The Hall–Kier alpha value is -3.75. The van der Waals surface area contributed by atoms with Gasteiger partial charge in [-0.2, -0.15) is 0 Å². The lowest BCUT2D eigenvalue weighted by atomic mass is 10.1. The van der Waals surface area contributed by atoms with E-state index < -0.39 is 17.8 Å². The van der Waals surface area contributed by atoms with E-state index in [2.05, 4.69) is 5.32 Å². The molecule has 0 radical (unpaired) electrons. The minimum absolute atomic E-state index is 0.320. The summed E-state index contributed by atoms with van der Waals surface area (Å²) in [5.74, 6) is -1.06. The maximum Gasteiger partial charge on any atom is 0.324 e. The van der Waals surface area contributed by atoms with Crippen molar-refractivity contribution in [2.24, 2.45) is 0 Å². The number of carbonyl (C=O) groups is 3. The quantitative estimate of drug-likeness (QED) is 0.276. The molecule has 0 aliphatic carbocycles. The van der Waals surface area contributed by atoms with Crippen molar-refractivity contribution in [2.45, 2.75) is 13.0 Å². The molecule has 3 aromatic rings. The number of rotatable bonds is 8. The van der Waals surface area contributed by atoms with Crippen LogP contribution in [0.3, 0.4) is 0 Å². The van der Waals surface area contributed by atoms with Gasteiger partial charge in [-0.05, 0) is 47.2 Å². The van der Waals surface area contributed by atoms with Crippen molar-refractivity contribution in [3.05, 3.63) is 99.8 Å². The Morgan fingerprint density at radius 2 is 1.72 bits per heavy atom. The summed E-state index contributed by atoms with van der Waals surface area (Å²) in [5.41, 5.74) is 3.60. The van der Waals surface area contributed by atoms with Crippen LogP contribution in [-0.4, -0.2) is 34.5 Å². The average Bonchev–Trinajstić information content (AvgIpc) is 3.35. The standard InChI is InChI=1S/C24H23N3O4S/c28-22(26-31)13-12-18-8-10-19(11-9-18)17-27(15-14-21-7-4-16-32-21)24(30)25-23(29)20-5-2-1-3-6-20/h1-13,16,31H,14-15,17H2,(H,26,28)(H,25,29,30)/b13-12+. The van der Waals surface area contributed by atoms with E-state index in [0.29, 0.717) is 25.1 Å². The molecule has 7 nitrogen and oxygen atoms in total. The van der Waals surface area contributed by atoms with Gasteiger partial charge in [-0.1, -0.05) is 48.5 Å². The smallest absolute Gasteiger partial charge is 0.320 e. The fourth-order valence-electron chi connectivity index (χ4n) is 2.95. The molecule has 3 rings (SSSR count). The third-order valence-corrected chi connectivity index (χ3v) is 5.58. The van der Waals surface area contributed by atoms with E-state index in [9.17, 15) is 14.4 Å². The van der Waals surface area contributed by atoms with E-state index in [-0.39, 0.29) is 0 Å². The molecule has 0 saturated heterocycles. The van der Waals surface area contributed by atoms with Gasteiger partial charge in [0.1, 0.15) is 0 Å². The van der Waals surface area contributed by atoms with Crippen LogP contribution in [0.1, 0.15) is 26.4 Å². The molecule has 0 spiro atoms. The largest absolute Gasteiger partial charge is 0.324 e. The molecule has 0 atom stereocenters. The van der Waals surface area contributed by atoms with E-state index in [1.54, 1.807) is 64.8 Å². The van der Waals surface area contributed by atoms with Gasteiger partial charge in [0.05, 0.1) is 0 Å². The van der Waals surface area contributed by atoms with Crippen molar-refractivity contribution >= 4 is 35.3 Å². The van der Waals surface area contributed by atoms with Crippen LogP contribution < -0.4 is 10.8 Å². The van der Waals surface area contributed by atoms with Gasteiger partial charge < -0.3 is 4.90 Å². The Kier molecular flexibility index (Phi) is 8.30. The van der Waals surface area contributed by atoms with Crippen molar-refractivity contribution in [3.63, 3.8) is 0 Å². The Balaban J connectivity index is 1.69. The van der Waals surface area contributed by atoms with Crippen LogP contribution in [-0.2, 0) is 17.8 Å². The van der Waals surface area contributed by atoms with Gasteiger partial charge in [0.15, 0.2) is 0 Å². The summed E-state index contributed by atoms with van der Waals surface area (Å²) in [4.78, 5) is 39.2. The zero-order chi connectivity index (χ0) is 22.8. The van der Waals surface area contributed by atoms with Gasteiger partial charge in [-0.15, -0.1) is 11.3 Å². The monoisotopic (exact) mass is 449 g/mol. The molecule has 0 unspecified atom stereocenters. The van der Waals surface area contributed by atoms with Crippen molar-refractivity contribution in [1.82, 2.24) is 15.7 Å². The minimum Gasteiger partial charge on any atom is -0.320 e. The van der Waals surface area contributed by atoms with E-state index in [4.69, 9.17) is 5.21 Å². The third-order valence-electron chi connectivity index (χ3n) is 4.64. The maximum absolute atomic E-state index is 12.9. The number of hydrogen-bond donors (Lipinski definition) is 3. The lowest BCUT2D eigenvalue weighted by Crippen LogP contribution is -2.43. The highest BCUT2D eigenvalue weighted by Crippen LogP contribution is 2.13. The SMILES string of the molecule is O=C(/C=C/c1ccc(CN(CCc2cccs2)C(=O)NC(=O)c2ccccc2)cc1)NO. The third kappa shape index (κ3) is 6.90. The summed E-state index contributed by atoms with van der Waals surface area (Å²) >= 11 is 1.62. The highest BCUT2D eigenvalue weighted by atomic mass is 32.1. The van der Waals surface area contributed by atoms with Crippen LogP contribution in [0, 0.1) is 0 Å². The lowest BCUT2D eigenvalue weighted by molar-refractivity contribution is -0.124. The van der Waals surface area contributed by atoms with Gasteiger partial charge >= 0.3 is 6.03 Å². The zero-order valence-corrected chi connectivity index (χ0v) is 18.0. The number of carbonyl (C=O) groups excluding carboxylic acids is 3. The number of nitrogens with one attached hydrogen (secondary N) is 2. The number of benzene rings is 2. The summed E-state index contributed by atoms with van der Waals surface area (Å²) in [7, 11) is 0. The molecule has 0 aliphatic rings. The first kappa shape index (κ1) is 22.9. The maximum atomic E-state index is 12.9. The van der Waals surface area contributed by atoms with Gasteiger partial charge in [-0.3, -0.25) is 20.1 Å². The van der Waals surface area contributed by atoms with Crippen LogP contribution >= 0.6 is 11.3 Å². The predicted molar refractivity (Wildman–Crippen MR) is 123 cm³/mol.